The van der Waals surface area contributed by atoms with Gasteiger partial charge in [0.05, 0.1) is 12.2 Å². The number of nitrogens with zero attached hydrogens (tertiary/aromatic N) is 4. The van der Waals surface area contributed by atoms with Crippen molar-refractivity contribution < 1.29 is 23.9 Å². The minimum atomic E-state index is -0.590. The van der Waals surface area contributed by atoms with Gasteiger partial charge >= 0.3 is 12.2 Å². The summed E-state index contributed by atoms with van der Waals surface area (Å²) in [5, 5.41) is 6.95. The molecule has 3 rings (SSSR count). The molecule has 0 aliphatic carbocycles. The Morgan fingerprint density at radius 1 is 1.03 bits per heavy atom. The van der Waals surface area contributed by atoms with Crippen molar-refractivity contribution in [2.45, 2.75) is 39.5 Å². The fraction of sp³-hybridized carbons (Fsp3) is 0.478. The lowest BCUT2D eigenvalue weighted by atomic mass is 10.2. The van der Waals surface area contributed by atoms with Gasteiger partial charge in [0.2, 0.25) is 0 Å². The van der Waals surface area contributed by atoms with Crippen LogP contribution in [0, 0.1) is 0 Å². The number of piperazine rings is 1. The zero-order chi connectivity index (χ0) is 24.0. The number of rotatable bonds is 5. The van der Waals surface area contributed by atoms with E-state index in [1.165, 1.54) is 0 Å². The summed E-state index contributed by atoms with van der Waals surface area (Å²) in [4.78, 5) is 40.3. The smallest absolute Gasteiger partial charge is 0.410 e. The fourth-order valence-electron chi connectivity index (χ4n) is 3.32. The van der Waals surface area contributed by atoms with Crippen LogP contribution in [0.4, 0.5) is 9.59 Å². The Hall–Kier alpha value is -3.56. The first-order chi connectivity index (χ1) is 15.6. The van der Waals surface area contributed by atoms with Gasteiger partial charge in [-0.1, -0.05) is 30.3 Å². The van der Waals surface area contributed by atoms with E-state index in [0.29, 0.717) is 37.6 Å². The highest BCUT2D eigenvalue weighted by atomic mass is 16.6. The molecule has 1 N–H and O–H groups in total. The van der Waals surface area contributed by atoms with Crippen molar-refractivity contribution in [3.63, 3.8) is 0 Å². The van der Waals surface area contributed by atoms with E-state index in [1.807, 2.05) is 30.3 Å². The summed E-state index contributed by atoms with van der Waals surface area (Å²) in [6.07, 6.45) is -0.925. The van der Waals surface area contributed by atoms with Crippen LogP contribution in [0.25, 0.3) is 0 Å². The molecule has 3 amide bonds. The van der Waals surface area contributed by atoms with Crippen LogP contribution in [0.5, 0.6) is 0 Å². The van der Waals surface area contributed by atoms with E-state index in [9.17, 15) is 14.4 Å². The summed E-state index contributed by atoms with van der Waals surface area (Å²) in [5.74, 6) is -0.216. The molecule has 0 radical (unpaired) electrons. The molecule has 0 spiro atoms. The Labute approximate surface area is 193 Å². The number of amides is 3. The predicted octanol–water partition coefficient (Wildman–Crippen LogP) is 2.54. The number of alkyl carbamates (subject to hydrolysis) is 1. The normalized spacial score (nSPS) is 14.1. The number of hydrogen-bond donors (Lipinski definition) is 1. The number of aryl methyl sites for hydroxylation is 1. The summed E-state index contributed by atoms with van der Waals surface area (Å²) >= 11 is 0. The summed E-state index contributed by atoms with van der Waals surface area (Å²) in [6.45, 7) is 7.32. The van der Waals surface area contributed by atoms with Crippen LogP contribution in [0.1, 0.15) is 42.5 Å². The van der Waals surface area contributed by atoms with Gasteiger partial charge in [-0.25, -0.2) is 9.59 Å². The Bertz CT molecular complexity index is 975. The molecule has 10 nitrogen and oxygen atoms in total. The second-order valence-electron chi connectivity index (χ2n) is 8.82. The number of nitrogens with one attached hydrogen (secondary N) is 1. The third-order valence-corrected chi connectivity index (χ3v) is 5.04. The number of aromatic nitrogens is 2. The van der Waals surface area contributed by atoms with Crippen LogP contribution < -0.4 is 5.32 Å². The predicted molar refractivity (Wildman–Crippen MR) is 120 cm³/mol. The lowest BCUT2D eigenvalue weighted by Gasteiger charge is -2.33. The number of ether oxygens (including phenoxy) is 2. The van der Waals surface area contributed by atoms with Crippen molar-refractivity contribution in [3.05, 3.63) is 53.3 Å². The van der Waals surface area contributed by atoms with Gasteiger partial charge in [0.1, 0.15) is 12.2 Å². The molecular formula is C23H31N5O5. The highest BCUT2D eigenvalue weighted by molar-refractivity contribution is 5.92. The van der Waals surface area contributed by atoms with Gasteiger partial charge in [-0.05, 0) is 32.4 Å². The number of benzene rings is 1. The maximum Gasteiger partial charge on any atom is 0.410 e. The van der Waals surface area contributed by atoms with Gasteiger partial charge in [-0.2, -0.15) is 5.10 Å². The van der Waals surface area contributed by atoms with Crippen molar-refractivity contribution in [1.29, 1.82) is 0 Å². The summed E-state index contributed by atoms with van der Waals surface area (Å²) in [6, 6.07) is 11.1. The molecule has 33 heavy (non-hydrogen) atoms. The molecule has 1 aliphatic heterocycles. The molecule has 1 fully saturated rings. The van der Waals surface area contributed by atoms with Gasteiger partial charge in [-0.3, -0.25) is 9.48 Å². The first-order valence-electron chi connectivity index (χ1n) is 10.9. The molecule has 178 valence electrons. The summed E-state index contributed by atoms with van der Waals surface area (Å²) in [5.41, 5.74) is 1.30. The van der Waals surface area contributed by atoms with E-state index in [0.717, 1.165) is 5.56 Å². The van der Waals surface area contributed by atoms with Crippen LogP contribution in [0.3, 0.4) is 0 Å². The Morgan fingerprint density at radius 3 is 2.30 bits per heavy atom. The first kappa shape index (κ1) is 24.1. The van der Waals surface area contributed by atoms with Crippen LogP contribution in [0.15, 0.2) is 36.4 Å². The van der Waals surface area contributed by atoms with Crippen LogP contribution in [-0.4, -0.2) is 69.5 Å². The highest BCUT2D eigenvalue weighted by Gasteiger charge is 2.27. The third-order valence-electron chi connectivity index (χ3n) is 5.04. The van der Waals surface area contributed by atoms with E-state index in [-0.39, 0.29) is 25.2 Å². The molecule has 10 heteroatoms. The molecule has 2 aromatic rings. The second kappa shape index (κ2) is 10.4. The molecular weight excluding hydrogens is 426 g/mol. The SMILES string of the molecule is Cn1nc(C(=O)N2CCN(C(=O)OCc3ccccc3)CC2)cc1CNC(=O)OC(C)(C)C. The number of hydrogen-bond acceptors (Lipinski definition) is 6. The molecule has 1 aromatic carbocycles. The van der Waals surface area contributed by atoms with E-state index in [4.69, 9.17) is 9.47 Å². The molecule has 1 aromatic heterocycles. The van der Waals surface area contributed by atoms with Gasteiger partial charge in [0.15, 0.2) is 5.69 Å². The van der Waals surface area contributed by atoms with Crippen LogP contribution in [0.2, 0.25) is 0 Å². The quantitative estimate of drug-likeness (QED) is 0.740. The zero-order valence-corrected chi connectivity index (χ0v) is 19.5. The molecule has 0 bridgehead atoms. The standard InChI is InChI=1S/C23H31N5O5/c1-23(2,3)33-21(30)24-15-18-14-19(25-26(18)4)20(29)27-10-12-28(13-11-27)22(31)32-16-17-8-6-5-7-9-17/h5-9,14H,10-13,15-16H2,1-4H3,(H,24,30). The first-order valence-corrected chi connectivity index (χ1v) is 10.9. The molecule has 1 saturated heterocycles. The lowest BCUT2D eigenvalue weighted by molar-refractivity contribution is 0.0522. The van der Waals surface area contributed by atoms with Crippen molar-refractivity contribution in [3.8, 4) is 0 Å². The van der Waals surface area contributed by atoms with Crippen molar-refractivity contribution in [1.82, 2.24) is 24.9 Å². The highest BCUT2D eigenvalue weighted by Crippen LogP contribution is 2.12. The maximum absolute atomic E-state index is 12.9. The monoisotopic (exact) mass is 457 g/mol. The lowest BCUT2D eigenvalue weighted by Crippen LogP contribution is -2.50. The molecule has 0 atom stereocenters. The Kier molecular flexibility index (Phi) is 7.57. The summed E-state index contributed by atoms with van der Waals surface area (Å²) in [7, 11) is 1.71. The Morgan fingerprint density at radius 2 is 1.67 bits per heavy atom. The van der Waals surface area contributed by atoms with E-state index < -0.39 is 11.7 Å². The minimum Gasteiger partial charge on any atom is -0.445 e. The van der Waals surface area contributed by atoms with Crippen LogP contribution >= 0.6 is 0 Å². The van der Waals surface area contributed by atoms with Crippen LogP contribution in [-0.2, 0) is 29.7 Å². The molecule has 1 aliphatic rings. The van der Waals surface area contributed by atoms with Gasteiger partial charge in [-0.15, -0.1) is 0 Å². The maximum atomic E-state index is 12.9. The zero-order valence-electron chi connectivity index (χ0n) is 19.5. The minimum absolute atomic E-state index is 0.187. The summed E-state index contributed by atoms with van der Waals surface area (Å²) < 4.78 is 12.1. The van der Waals surface area contributed by atoms with E-state index >= 15 is 0 Å². The van der Waals surface area contributed by atoms with Crippen molar-refractivity contribution in [2.75, 3.05) is 26.2 Å². The fourth-order valence-corrected chi connectivity index (χ4v) is 3.32. The second-order valence-corrected chi connectivity index (χ2v) is 8.82. The number of carbonyl (C=O) groups excluding carboxylic acids is 3. The largest absolute Gasteiger partial charge is 0.445 e. The van der Waals surface area contributed by atoms with E-state index in [2.05, 4.69) is 10.4 Å². The van der Waals surface area contributed by atoms with Gasteiger partial charge < -0.3 is 24.6 Å². The topological polar surface area (TPSA) is 106 Å². The molecule has 0 saturated carbocycles. The number of carbonyl (C=O) groups is 3. The molecule has 2 heterocycles. The van der Waals surface area contributed by atoms with E-state index in [1.54, 1.807) is 48.4 Å². The van der Waals surface area contributed by atoms with Gasteiger partial charge in [0.25, 0.3) is 5.91 Å². The average Bonchev–Trinajstić information content (AvgIpc) is 3.15. The van der Waals surface area contributed by atoms with Crippen molar-refractivity contribution >= 4 is 18.1 Å². The Balaban J connectivity index is 1.48. The van der Waals surface area contributed by atoms with Crippen molar-refractivity contribution in [2.24, 2.45) is 7.05 Å². The third kappa shape index (κ3) is 6.96. The molecule has 0 unspecified atom stereocenters. The average molecular weight is 458 g/mol. The van der Waals surface area contributed by atoms with Gasteiger partial charge in [0, 0.05) is 33.2 Å².